The van der Waals surface area contributed by atoms with Gasteiger partial charge in [-0.15, -0.1) is 0 Å². The van der Waals surface area contributed by atoms with Crippen molar-refractivity contribution in [2.24, 2.45) is 0 Å². The molecule has 1 aromatic carbocycles. The third-order valence-corrected chi connectivity index (χ3v) is 9.41. The Morgan fingerprint density at radius 3 is 2.12 bits per heavy atom. The van der Waals surface area contributed by atoms with E-state index in [1.165, 1.54) is 10.5 Å². The molecule has 0 bridgehead atoms. The van der Waals surface area contributed by atoms with Crippen LogP contribution in [0.1, 0.15) is 33.3 Å². The molecule has 0 fully saturated rings. The molecule has 1 amide bonds. The Morgan fingerprint density at radius 1 is 1.12 bits per heavy atom. The predicted octanol–water partition coefficient (Wildman–Crippen LogP) is 3.23. The second kappa shape index (κ2) is 8.92. The molecule has 1 aromatic rings. The number of esters is 1. The first-order valence-electron chi connectivity index (χ1n) is 8.59. The molecule has 1 N–H and O–H groups in total. The first-order chi connectivity index (χ1) is 11.4. The van der Waals surface area contributed by atoms with Crippen molar-refractivity contribution in [2.75, 3.05) is 6.61 Å². The average Bonchev–Trinajstić information content (AvgIpc) is 2.42. The number of carbonyl (C=O) groups excluding carboxylic acids is 2. The number of hydrogen-bond acceptors (Lipinski definition) is 4. The summed E-state index contributed by atoms with van der Waals surface area (Å²) in [7, 11) is 0. The van der Waals surface area contributed by atoms with Crippen LogP contribution < -0.4 is 8.90 Å². The van der Waals surface area contributed by atoms with Gasteiger partial charge in [-0.2, -0.15) is 0 Å². The second-order valence-corrected chi connectivity index (χ2v) is 22.8. The zero-order valence-electron chi connectivity index (χ0n) is 16.4. The van der Waals surface area contributed by atoms with Crippen LogP contribution in [0.2, 0.25) is 14.8 Å². The normalized spacial score (nSPS) is 13.1. The topological polar surface area (TPSA) is 64.6 Å². The minimum atomic E-state index is -2.07. The summed E-state index contributed by atoms with van der Waals surface area (Å²) in [4.78, 5) is 30.3. The van der Waals surface area contributed by atoms with E-state index in [0.717, 1.165) is 5.56 Å². The van der Waals surface area contributed by atoms with Crippen molar-refractivity contribution < 1.29 is 19.1 Å². The van der Waals surface area contributed by atoms with Gasteiger partial charge >= 0.3 is 155 Å². The summed E-state index contributed by atoms with van der Waals surface area (Å²) in [6, 6.07) is 8.22. The van der Waals surface area contributed by atoms with Crippen LogP contribution in [0.3, 0.4) is 0 Å². The summed E-state index contributed by atoms with van der Waals surface area (Å²) in [6.07, 6.45) is 0.0686. The summed E-state index contributed by atoms with van der Waals surface area (Å²) in [5.74, 6) is -0.367. The molecule has 0 aliphatic carbocycles. The van der Waals surface area contributed by atoms with Crippen molar-refractivity contribution in [2.45, 2.75) is 60.6 Å². The number of alkyl carbamates (subject to hydrolysis) is 1. The Kier molecular flexibility index (Phi) is 7.78. The van der Waals surface area contributed by atoms with Gasteiger partial charge in [0.25, 0.3) is 0 Å². The second-order valence-electron chi connectivity index (χ2n) is 8.30. The van der Waals surface area contributed by atoms with E-state index in [1.54, 1.807) is 0 Å². The molecule has 140 valence electrons. The summed E-state index contributed by atoms with van der Waals surface area (Å²) in [5.41, 5.74) is 0.518. The minimum absolute atomic E-state index is 0.120. The Balaban J connectivity index is 2.79. The fourth-order valence-corrected chi connectivity index (χ4v) is 5.60. The summed E-state index contributed by atoms with van der Waals surface area (Å²) < 4.78 is 11.8. The van der Waals surface area contributed by atoms with Gasteiger partial charge in [-0.25, -0.2) is 0 Å². The molecule has 0 heterocycles. The maximum atomic E-state index is 12.0. The van der Waals surface area contributed by atoms with Gasteiger partial charge in [0.2, 0.25) is 0 Å². The third-order valence-electron chi connectivity index (χ3n) is 3.51. The van der Waals surface area contributed by atoms with Crippen molar-refractivity contribution in [3.8, 4) is 0 Å². The van der Waals surface area contributed by atoms with Crippen LogP contribution in [0.25, 0.3) is 0 Å². The quantitative estimate of drug-likeness (QED) is 0.528. The van der Waals surface area contributed by atoms with E-state index in [0.29, 0.717) is 6.42 Å². The summed E-state index contributed by atoms with van der Waals surface area (Å²) in [5, 5.41) is 2.80. The summed E-state index contributed by atoms with van der Waals surface area (Å²) in [6.45, 7) is 6.91. The Hall–Kier alpha value is -1.24. The molecule has 0 aromatic heterocycles. The van der Waals surface area contributed by atoms with Gasteiger partial charge in [-0.1, -0.05) is 0 Å². The van der Waals surface area contributed by atoms with E-state index in [2.05, 4.69) is 44.4 Å². The average molecular weight is 456 g/mol. The standard InChI is InChI=1S/C16H22NO4.3CH3.Sn/c1-12(18)20-11-14(10-13-8-6-5-7-9-13)17-15(19)21-16(2,3)4;;;;/h6-9,14H,10-11H2,1-4H3,(H,17,19);3*1H3;/t14-;;;;/m0..../s1. The van der Waals surface area contributed by atoms with Crippen LogP contribution in [0.15, 0.2) is 24.3 Å². The van der Waals surface area contributed by atoms with Gasteiger partial charge in [0.05, 0.1) is 0 Å². The van der Waals surface area contributed by atoms with E-state index >= 15 is 0 Å². The number of benzene rings is 1. The van der Waals surface area contributed by atoms with Crippen molar-refractivity contribution in [3.05, 3.63) is 29.8 Å². The molecule has 6 heteroatoms. The van der Waals surface area contributed by atoms with E-state index in [-0.39, 0.29) is 18.6 Å². The van der Waals surface area contributed by atoms with Crippen LogP contribution in [0.4, 0.5) is 4.79 Å². The molecule has 25 heavy (non-hydrogen) atoms. The molecule has 0 radical (unpaired) electrons. The molecular formula is C19H31NO4Sn. The van der Waals surface area contributed by atoms with Crippen molar-refractivity contribution in [1.29, 1.82) is 0 Å². The molecule has 5 nitrogen and oxygen atoms in total. The van der Waals surface area contributed by atoms with Gasteiger partial charge in [-0.3, -0.25) is 0 Å². The summed E-state index contributed by atoms with van der Waals surface area (Å²) >= 11 is -2.07. The molecule has 0 aliphatic rings. The van der Waals surface area contributed by atoms with Gasteiger partial charge < -0.3 is 0 Å². The molecule has 0 aliphatic heterocycles. The van der Waals surface area contributed by atoms with Gasteiger partial charge in [0, 0.05) is 0 Å². The Bertz CT molecular complexity index is 585. The first kappa shape index (κ1) is 21.8. The van der Waals surface area contributed by atoms with Crippen LogP contribution >= 0.6 is 0 Å². The first-order valence-corrected chi connectivity index (χ1v) is 18.6. The molecule has 0 saturated carbocycles. The van der Waals surface area contributed by atoms with E-state index in [4.69, 9.17) is 9.47 Å². The van der Waals surface area contributed by atoms with Gasteiger partial charge in [-0.05, 0) is 0 Å². The monoisotopic (exact) mass is 457 g/mol. The molecule has 0 saturated heterocycles. The molecular weight excluding hydrogens is 425 g/mol. The number of amides is 1. The number of ether oxygens (including phenoxy) is 2. The van der Waals surface area contributed by atoms with Crippen LogP contribution in [0.5, 0.6) is 0 Å². The van der Waals surface area contributed by atoms with Gasteiger partial charge in [0.1, 0.15) is 0 Å². The molecule has 0 spiro atoms. The van der Waals surface area contributed by atoms with Crippen molar-refractivity contribution >= 4 is 34.0 Å². The van der Waals surface area contributed by atoms with E-state index in [1.807, 2.05) is 20.8 Å². The van der Waals surface area contributed by atoms with Gasteiger partial charge in [0.15, 0.2) is 0 Å². The number of rotatable bonds is 6. The molecule has 1 atom stereocenters. The van der Waals surface area contributed by atoms with Crippen LogP contribution in [0, 0.1) is 0 Å². The molecule has 1 rings (SSSR count). The maximum absolute atomic E-state index is 12.0. The zero-order chi connectivity index (χ0) is 19.3. The molecule has 0 unspecified atom stereocenters. The predicted molar refractivity (Wildman–Crippen MR) is 103 cm³/mol. The van der Waals surface area contributed by atoms with Crippen LogP contribution in [-0.4, -0.2) is 48.7 Å². The number of hydrogen-bond donors (Lipinski definition) is 1. The fourth-order valence-electron chi connectivity index (χ4n) is 2.27. The SMILES string of the molecule is CC(=O)OC[C@H](Cc1cc[c]([Sn]([CH3])([CH3])[CH3])cc1)NC(=O)OC(C)(C)C. The number of carbonyl (C=O) groups is 2. The Labute approximate surface area is 155 Å². The van der Waals surface area contributed by atoms with Crippen molar-refractivity contribution in [1.82, 2.24) is 5.32 Å². The Morgan fingerprint density at radius 2 is 1.68 bits per heavy atom. The third kappa shape index (κ3) is 9.14. The van der Waals surface area contributed by atoms with E-state index in [9.17, 15) is 9.59 Å². The van der Waals surface area contributed by atoms with E-state index < -0.39 is 30.1 Å². The fraction of sp³-hybridized carbons (Fsp3) is 0.579. The van der Waals surface area contributed by atoms with Crippen molar-refractivity contribution in [3.63, 3.8) is 0 Å². The number of nitrogens with one attached hydrogen (secondary N) is 1. The zero-order valence-corrected chi connectivity index (χ0v) is 19.3. The van der Waals surface area contributed by atoms with Crippen LogP contribution in [-0.2, 0) is 20.7 Å².